The Hall–Kier alpha value is 3.71. The number of hydrogen-bond donors (Lipinski definition) is 0. The minimum atomic E-state index is 0. The van der Waals surface area contributed by atoms with Crippen LogP contribution in [0, 0.1) is 49.4 Å². The van der Waals surface area contributed by atoms with Gasteiger partial charge in [-0.1, -0.05) is 0 Å². The van der Waals surface area contributed by atoms with Gasteiger partial charge in [-0.3, -0.25) is 0 Å². The van der Waals surface area contributed by atoms with Crippen LogP contribution < -0.4 is 0 Å². The topological polar surface area (TPSA) is 126 Å². The van der Waals surface area contributed by atoms with Crippen molar-refractivity contribution < 1.29 is 95.9 Å². The van der Waals surface area contributed by atoms with Crippen LogP contribution in [0.3, 0.4) is 0 Å². The molecule has 7 heavy (non-hydrogen) atoms. The van der Waals surface area contributed by atoms with Crippen molar-refractivity contribution >= 4 is 48.9 Å². The summed E-state index contributed by atoms with van der Waals surface area (Å²) in [5.74, 6) is 0. The maximum Gasteiger partial charge on any atom is 2.00 e. The van der Waals surface area contributed by atoms with Crippen molar-refractivity contribution in [2.75, 3.05) is 0 Å². The molecule has 0 aromatic rings. The van der Waals surface area contributed by atoms with E-state index in [9.17, 15) is 0 Å². The van der Waals surface area contributed by atoms with Crippen LogP contribution in [0.5, 0.6) is 0 Å². The van der Waals surface area contributed by atoms with Gasteiger partial charge in [0.05, 0.1) is 0 Å². The molecule has 0 atom stereocenters. The van der Waals surface area contributed by atoms with Gasteiger partial charge in [0, 0.05) is 71.1 Å². The standard InChI is InChI=1S/Ba.Eu.4H2O.Ti.2H/h;;4*1H2;;;/q+2;;;;;;;2*-1. The normalized spacial score (nSPS) is 0. The molecule has 0 saturated heterocycles. The number of hydrogen-bond acceptors (Lipinski definition) is 0. The van der Waals surface area contributed by atoms with Gasteiger partial charge in [0.2, 0.25) is 0 Å². The van der Waals surface area contributed by atoms with E-state index in [0.717, 1.165) is 0 Å². The molecule has 0 aliphatic carbocycles. The van der Waals surface area contributed by atoms with E-state index < -0.39 is 0 Å². The van der Waals surface area contributed by atoms with E-state index in [1.54, 1.807) is 0 Å². The molecule has 0 saturated carbocycles. The van der Waals surface area contributed by atoms with Gasteiger partial charge in [-0.05, 0) is 0 Å². The van der Waals surface area contributed by atoms with Gasteiger partial charge in [0.1, 0.15) is 0 Å². The van der Waals surface area contributed by atoms with Crippen LogP contribution in [-0.2, 0) is 21.7 Å². The Morgan fingerprint density at radius 2 is 0.714 bits per heavy atom. The first-order valence-electron chi connectivity index (χ1n) is 0. The summed E-state index contributed by atoms with van der Waals surface area (Å²) in [6.45, 7) is 0. The van der Waals surface area contributed by atoms with Crippen LogP contribution in [0.25, 0.3) is 0 Å². The fourth-order valence-electron chi connectivity index (χ4n) is 0. The van der Waals surface area contributed by atoms with Gasteiger partial charge in [-0.2, -0.15) is 0 Å². The van der Waals surface area contributed by atoms with Crippen LogP contribution in [-0.4, -0.2) is 70.8 Å². The van der Waals surface area contributed by atoms with E-state index in [4.69, 9.17) is 0 Å². The summed E-state index contributed by atoms with van der Waals surface area (Å²) in [4.78, 5) is 0. The van der Waals surface area contributed by atoms with E-state index in [-0.39, 0.29) is 145 Å². The second kappa shape index (κ2) is 53.5. The quantitative estimate of drug-likeness (QED) is 0.368. The summed E-state index contributed by atoms with van der Waals surface area (Å²) in [6.07, 6.45) is 0. The van der Waals surface area contributed by atoms with E-state index in [1.807, 2.05) is 0 Å². The molecule has 0 fully saturated rings. The minimum absolute atomic E-state index is 0. The van der Waals surface area contributed by atoms with Crippen molar-refractivity contribution in [1.29, 1.82) is 0 Å². The van der Waals surface area contributed by atoms with Gasteiger partial charge >= 0.3 is 48.9 Å². The van der Waals surface area contributed by atoms with Gasteiger partial charge in [0.25, 0.3) is 0 Å². The monoisotopic (exact) mass is 413 g/mol. The smallest absolute Gasteiger partial charge is 1.00 e. The molecule has 8 N–H and O–H groups in total. The molecular formula is H10BaEuO4Ti. The average molecular weight is 411 g/mol. The van der Waals surface area contributed by atoms with Crippen LogP contribution >= 0.6 is 0 Å². The molecule has 1 radical (unpaired) electrons. The molecule has 0 bridgehead atoms. The second-order valence-corrected chi connectivity index (χ2v) is 0. The Labute approximate surface area is 141 Å². The number of rotatable bonds is 0. The summed E-state index contributed by atoms with van der Waals surface area (Å²) in [6, 6.07) is 0. The molecule has 0 amide bonds. The Bertz CT molecular complexity index is 18.5. The summed E-state index contributed by atoms with van der Waals surface area (Å²) < 4.78 is 0. The molecular weight excluding hydrogens is 401 g/mol. The second-order valence-electron chi connectivity index (χ2n) is 0. The molecule has 7 heteroatoms. The maximum atomic E-state index is 0. The summed E-state index contributed by atoms with van der Waals surface area (Å²) in [7, 11) is 0. The van der Waals surface area contributed by atoms with Crippen molar-refractivity contribution in [3.05, 3.63) is 0 Å². The minimum Gasteiger partial charge on any atom is -1.00 e. The van der Waals surface area contributed by atoms with Crippen molar-refractivity contribution in [3.63, 3.8) is 0 Å². The first-order valence-corrected chi connectivity index (χ1v) is 0. The molecule has 0 aliphatic heterocycles. The molecule has 0 heterocycles. The SMILES string of the molecule is O.O.O.O.[Ba+2].[Eu].[H-].[H-].[Ti]. The van der Waals surface area contributed by atoms with E-state index >= 15 is 0 Å². The first-order chi connectivity index (χ1) is 0. The first kappa shape index (κ1) is 73.4. The van der Waals surface area contributed by atoms with Crippen LogP contribution in [0.15, 0.2) is 0 Å². The van der Waals surface area contributed by atoms with E-state index in [0.29, 0.717) is 0 Å². The van der Waals surface area contributed by atoms with Gasteiger partial charge in [0.15, 0.2) is 0 Å². The Morgan fingerprint density at radius 1 is 0.714 bits per heavy atom. The fraction of sp³-hybridized carbons (Fsp3) is 0. The van der Waals surface area contributed by atoms with Gasteiger partial charge in [-0.15, -0.1) is 0 Å². The third kappa shape index (κ3) is 41.9. The molecule has 0 unspecified atom stereocenters. The molecule has 0 aliphatic rings. The van der Waals surface area contributed by atoms with Gasteiger partial charge in [-0.25, -0.2) is 0 Å². The summed E-state index contributed by atoms with van der Waals surface area (Å²) in [5.41, 5.74) is 0. The molecule has 0 rings (SSSR count). The molecule has 4 nitrogen and oxygen atoms in total. The third-order valence-corrected chi connectivity index (χ3v) is 0. The Kier molecular flexibility index (Phi) is 561. The zero-order chi connectivity index (χ0) is 0. The van der Waals surface area contributed by atoms with E-state index in [2.05, 4.69) is 0 Å². The largest absolute Gasteiger partial charge is 2.00 e. The van der Waals surface area contributed by atoms with Crippen LogP contribution in [0.4, 0.5) is 0 Å². The van der Waals surface area contributed by atoms with Gasteiger partial charge < -0.3 is 24.8 Å². The van der Waals surface area contributed by atoms with Crippen molar-refractivity contribution in [2.24, 2.45) is 0 Å². The van der Waals surface area contributed by atoms with Crippen molar-refractivity contribution in [2.45, 2.75) is 0 Å². The fourth-order valence-corrected chi connectivity index (χ4v) is 0. The Morgan fingerprint density at radius 3 is 0.714 bits per heavy atom. The van der Waals surface area contributed by atoms with Crippen molar-refractivity contribution in [1.82, 2.24) is 0 Å². The predicted molar refractivity (Wildman–Crippen MR) is 22.4 cm³/mol. The average Bonchev–Trinajstić information content (AvgIpc) is 0. The zero-order valence-corrected chi connectivity index (χ0v) is 12.0. The zero-order valence-electron chi connectivity index (χ0n) is 5.59. The van der Waals surface area contributed by atoms with Crippen molar-refractivity contribution in [3.8, 4) is 0 Å². The predicted octanol–water partition coefficient (Wildman–Crippen LogP) is -3.46. The maximum absolute atomic E-state index is 0. The Balaban J connectivity index is 0. The molecule has 0 aromatic carbocycles. The molecule has 47 valence electrons. The summed E-state index contributed by atoms with van der Waals surface area (Å²) >= 11 is 0. The molecule has 0 aromatic heterocycles. The van der Waals surface area contributed by atoms with Crippen LogP contribution in [0.1, 0.15) is 2.85 Å². The van der Waals surface area contributed by atoms with Crippen LogP contribution in [0.2, 0.25) is 0 Å². The molecule has 0 spiro atoms. The summed E-state index contributed by atoms with van der Waals surface area (Å²) in [5, 5.41) is 0. The third-order valence-electron chi connectivity index (χ3n) is 0. The van der Waals surface area contributed by atoms with E-state index in [1.165, 1.54) is 0 Å².